The van der Waals surface area contributed by atoms with Gasteiger partial charge in [0.15, 0.2) is 5.11 Å². The fraction of sp³-hybridized carbons (Fsp3) is 0.179. The summed E-state index contributed by atoms with van der Waals surface area (Å²) >= 11 is 5.85. The summed E-state index contributed by atoms with van der Waals surface area (Å²) in [4.78, 5) is 29.4. The van der Waals surface area contributed by atoms with E-state index >= 15 is 0 Å². The van der Waals surface area contributed by atoms with Crippen LogP contribution in [0.15, 0.2) is 85.2 Å². The third-order valence-electron chi connectivity index (χ3n) is 6.60. The van der Waals surface area contributed by atoms with Crippen molar-refractivity contribution in [3.05, 3.63) is 112 Å². The Hall–Kier alpha value is -4.57. The van der Waals surface area contributed by atoms with Gasteiger partial charge in [-0.3, -0.25) is 19.9 Å². The zero-order chi connectivity index (χ0) is 26.8. The van der Waals surface area contributed by atoms with Crippen molar-refractivity contribution in [3.8, 4) is 5.69 Å². The number of amides is 1. The van der Waals surface area contributed by atoms with E-state index in [2.05, 4.69) is 20.5 Å². The van der Waals surface area contributed by atoms with Gasteiger partial charge in [-0.1, -0.05) is 13.0 Å². The first-order chi connectivity index (χ1) is 18.4. The fourth-order valence-electron chi connectivity index (χ4n) is 4.72. The largest absolute Gasteiger partial charge is 0.351 e. The number of nitro groups is 1. The molecule has 4 aromatic rings. The van der Waals surface area contributed by atoms with Crippen molar-refractivity contribution < 1.29 is 9.72 Å². The summed E-state index contributed by atoms with van der Waals surface area (Å²) in [7, 11) is 0. The number of pyridine rings is 1. The van der Waals surface area contributed by atoms with Gasteiger partial charge in [-0.25, -0.2) is 0 Å². The number of nitrogens with one attached hydrogen (secondary N) is 2. The minimum Gasteiger partial charge on any atom is -0.351 e. The van der Waals surface area contributed by atoms with Crippen LogP contribution in [0.5, 0.6) is 0 Å². The minimum absolute atomic E-state index is 0.0323. The molecule has 2 N–H and O–H groups in total. The van der Waals surface area contributed by atoms with E-state index in [0.717, 1.165) is 34.0 Å². The lowest BCUT2D eigenvalue weighted by Gasteiger charge is -2.29. The zero-order valence-electron chi connectivity index (χ0n) is 20.9. The standard InChI is InChI=1S/C28H26N6O3S/c1-3-25(35)30-22-14-13-21(17-18(22)2)33-27(26(31-28(33)38)23-7-4-5-15-29-23)24-8-6-16-32(24)19-9-11-20(12-10-19)34(36)37/h4-17,26-27H,3H2,1-2H3,(H,30,35)(H,31,38). The van der Waals surface area contributed by atoms with Crippen molar-refractivity contribution in [2.24, 2.45) is 0 Å². The van der Waals surface area contributed by atoms with Gasteiger partial charge in [-0.05, 0) is 79.3 Å². The monoisotopic (exact) mass is 526 g/mol. The number of anilines is 2. The van der Waals surface area contributed by atoms with E-state index < -0.39 is 4.92 Å². The highest BCUT2D eigenvalue weighted by molar-refractivity contribution is 7.80. The summed E-state index contributed by atoms with van der Waals surface area (Å²) in [6.45, 7) is 3.77. The Morgan fingerprint density at radius 1 is 1.11 bits per heavy atom. The number of aromatic nitrogens is 2. The molecule has 0 aliphatic carbocycles. The van der Waals surface area contributed by atoms with Crippen LogP contribution >= 0.6 is 12.2 Å². The fourth-order valence-corrected chi connectivity index (χ4v) is 5.06. The molecule has 2 unspecified atom stereocenters. The molecule has 2 aromatic carbocycles. The Balaban J connectivity index is 1.60. The normalized spacial score (nSPS) is 16.8. The third kappa shape index (κ3) is 4.73. The zero-order valence-corrected chi connectivity index (χ0v) is 21.7. The molecular weight excluding hydrogens is 500 g/mol. The van der Waals surface area contributed by atoms with Gasteiger partial charge in [0, 0.05) is 53.7 Å². The van der Waals surface area contributed by atoms with Crippen molar-refractivity contribution in [3.63, 3.8) is 0 Å². The molecular formula is C28H26N6O3S. The van der Waals surface area contributed by atoms with E-state index in [4.69, 9.17) is 12.2 Å². The van der Waals surface area contributed by atoms with Crippen molar-refractivity contribution in [1.82, 2.24) is 14.9 Å². The summed E-state index contributed by atoms with van der Waals surface area (Å²) in [6, 6.07) is 21.5. The summed E-state index contributed by atoms with van der Waals surface area (Å²) in [5.74, 6) is -0.0479. The number of benzene rings is 2. The van der Waals surface area contributed by atoms with Gasteiger partial charge in [-0.2, -0.15) is 0 Å². The highest BCUT2D eigenvalue weighted by Gasteiger charge is 2.42. The number of carbonyl (C=O) groups excluding carboxylic acids is 1. The number of aryl methyl sites for hydroxylation is 1. The maximum Gasteiger partial charge on any atom is 0.269 e. The molecule has 3 heterocycles. The maximum absolute atomic E-state index is 12.0. The molecule has 1 aliphatic heterocycles. The predicted molar refractivity (Wildman–Crippen MR) is 150 cm³/mol. The van der Waals surface area contributed by atoms with Gasteiger partial charge in [0.1, 0.15) is 6.04 Å². The van der Waals surface area contributed by atoms with Crippen LogP contribution in [0.1, 0.15) is 42.4 Å². The summed E-state index contributed by atoms with van der Waals surface area (Å²) in [5.41, 5.74) is 5.13. The molecule has 0 bridgehead atoms. The molecule has 1 amide bonds. The molecule has 0 radical (unpaired) electrons. The second-order valence-electron chi connectivity index (χ2n) is 8.97. The lowest BCUT2D eigenvalue weighted by molar-refractivity contribution is -0.384. The minimum atomic E-state index is -0.409. The van der Waals surface area contributed by atoms with Gasteiger partial charge in [-0.15, -0.1) is 0 Å². The Labute approximate surface area is 225 Å². The first kappa shape index (κ1) is 25.1. The Kier molecular flexibility index (Phi) is 6.89. The average Bonchev–Trinajstić information content (AvgIpc) is 3.54. The molecule has 10 heteroatoms. The molecule has 5 rings (SSSR count). The molecule has 192 valence electrons. The first-order valence-corrected chi connectivity index (χ1v) is 12.6. The second-order valence-corrected chi connectivity index (χ2v) is 9.36. The van der Waals surface area contributed by atoms with Crippen molar-refractivity contribution in [2.75, 3.05) is 10.2 Å². The smallest absolute Gasteiger partial charge is 0.269 e. The molecule has 2 atom stereocenters. The Morgan fingerprint density at radius 3 is 2.53 bits per heavy atom. The van der Waals surface area contributed by atoms with Crippen LogP contribution < -0.4 is 15.5 Å². The number of non-ortho nitro benzene ring substituents is 1. The molecule has 38 heavy (non-hydrogen) atoms. The predicted octanol–water partition coefficient (Wildman–Crippen LogP) is 5.61. The highest BCUT2D eigenvalue weighted by atomic mass is 32.1. The van der Waals surface area contributed by atoms with Crippen LogP contribution in [-0.2, 0) is 4.79 Å². The second kappa shape index (κ2) is 10.4. The van der Waals surface area contributed by atoms with Crippen LogP contribution in [0.4, 0.5) is 17.1 Å². The molecule has 1 saturated heterocycles. The van der Waals surface area contributed by atoms with Crippen molar-refractivity contribution >= 4 is 40.3 Å². The molecule has 9 nitrogen and oxygen atoms in total. The van der Waals surface area contributed by atoms with Gasteiger partial charge in [0.25, 0.3) is 5.69 Å². The van der Waals surface area contributed by atoms with E-state index in [9.17, 15) is 14.9 Å². The van der Waals surface area contributed by atoms with Crippen molar-refractivity contribution in [2.45, 2.75) is 32.4 Å². The number of thiocarbonyl (C=S) groups is 1. The van der Waals surface area contributed by atoms with E-state index in [0.29, 0.717) is 11.5 Å². The van der Waals surface area contributed by atoms with E-state index in [1.807, 2.05) is 73.1 Å². The van der Waals surface area contributed by atoms with E-state index in [-0.39, 0.29) is 23.7 Å². The molecule has 0 saturated carbocycles. The number of rotatable bonds is 7. The topological polar surface area (TPSA) is 105 Å². The number of hydrogen-bond acceptors (Lipinski definition) is 5. The first-order valence-electron chi connectivity index (χ1n) is 12.2. The Bertz CT molecular complexity index is 1500. The lowest BCUT2D eigenvalue weighted by atomic mass is 10.00. The number of nitro benzene ring substituents is 1. The third-order valence-corrected chi connectivity index (χ3v) is 6.92. The highest BCUT2D eigenvalue weighted by Crippen LogP contribution is 2.43. The lowest BCUT2D eigenvalue weighted by Crippen LogP contribution is -2.30. The molecule has 1 fully saturated rings. The van der Waals surface area contributed by atoms with Gasteiger partial charge in [0.05, 0.1) is 16.7 Å². The van der Waals surface area contributed by atoms with Gasteiger partial charge < -0.3 is 20.1 Å². The van der Waals surface area contributed by atoms with Gasteiger partial charge >= 0.3 is 0 Å². The van der Waals surface area contributed by atoms with Crippen LogP contribution in [0.3, 0.4) is 0 Å². The number of nitrogens with zero attached hydrogens (tertiary/aromatic N) is 4. The Morgan fingerprint density at radius 2 is 1.87 bits per heavy atom. The SMILES string of the molecule is CCC(=O)Nc1ccc(N2C(=S)NC(c3ccccn3)C2c2cccn2-c2ccc([N+](=O)[O-])cc2)cc1C. The van der Waals surface area contributed by atoms with Crippen molar-refractivity contribution in [1.29, 1.82) is 0 Å². The van der Waals surface area contributed by atoms with Crippen LogP contribution in [-0.4, -0.2) is 25.5 Å². The summed E-state index contributed by atoms with van der Waals surface area (Å²) < 4.78 is 2.01. The molecule has 2 aromatic heterocycles. The van der Waals surface area contributed by atoms with Crippen LogP contribution in [0.2, 0.25) is 0 Å². The summed E-state index contributed by atoms with van der Waals surface area (Å²) in [6.07, 6.45) is 4.08. The quantitative estimate of drug-likeness (QED) is 0.183. The van der Waals surface area contributed by atoms with E-state index in [1.54, 1.807) is 18.3 Å². The van der Waals surface area contributed by atoms with E-state index in [1.165, 1.54) is 12.1 Å². The summed E-state index contributed by atoms with van der Waals surface area (Å²) in [5, 5.41) is 18.1. The van der Waals surface area contributed by atoms with Crippen LogP contribution in [0, 0.1) is 17.0 Å². The maximum atomic E-state index is 12.0. The molecule has 1 aliphatic rings. The average molecular weight is 527 g/mol. The van der Waals surface area contributed by atoms with Crippen LogP contribution in [0.25, 0.3) is 5.69 Å². The molecule has 0 spiro atoms. The number of carbonyl (C=O) groups is 1. The van der Waals surface area contributed by atoms with Gasteiger partial charge in [0.2, 0.25) is 5.91 Å². The number of hydrogen-bond donors (Lipinski definition) is 2.